The minimum absolute atomic E-state index is 0.133. The number of nitro groups is 1. The third-order valence-electron chi connectivity index (χ3n) is 4.30. The third-order valence-corrected chi connectivity index (χ3v) is 4.30. The molecule has 0 spiro atoms. The molecule has 1 aliphatic rings. The molecule has 9 nitrogen and oxygen atoms in total. The van der Waals surface area contributed by atoms with Gasteiger partial charge in [-0.2, -0.15) is 0 Å². The van der Waals surface area contributed by atoms with Crippen molar-refractivity contribution in [3.63, 3.8) is 0 Å². The number of aromatic nitrogens is 2. The second kappa shape index (κ2) is 5.69. The molecular weight excluding hydrogens is 326 g/mol. The number of rotatable bonds is 3. The van der Waals surface area contributed by atoms with E-state index in [0.717, 1.165) is 0 Å². The molecule has 0 saturated carbocycles. The molecule has 1 aromatic heterocycles. The first-order valence-electron chi connectivity index (χ1n) is 7.42. The van der Waals surface area contributed by atoms with Crippen molar-refractivity contribution in [1.82, 2.24) is 9.97 Å². The summed E-state index contributed by atoms with van der Waals surface area (Å²) in [6.45, 7) is 3.83. The monoisotopic (exact) mass is 343 g/mol. The first-order valence-corrected chi connectivity index (χ1v) is 7.42. The van der Waals surface area contributed by atoms with Gasteiger partial charge < -0.3 is 15.3 Å². The van der Waals surface area contributed by atoms with Crippen LogP contribution >= 0.6 is 0 Å². The Kier molecular flexibility index (Phi) is 3.78. The SMILES string of the molecule is CO/N=C1\c2cc(OC)c([N+](=O)[O-])cc2-c2ncnc(N)c2C1(C)C. The Hall–Kier alpha value is -3.23. The summed E-state index contributed by atoms with van der Waals surface area (Å²) in [6, 6.07) is 2.99. The maximum atomic E-state index is 11.4. The van der Waals surface area contributed by atoms with Crippen LogP contribution in [-0.4, -0.2) is 34.8 Å². The maximum Gasteiger partial charge on any atom is 0.311 e. The van der Waals surface area contributed by atoms with Crippen LogP contribution < -0.4 is 10.5 Å². The van der Waals surface area contributed by atoms with Crippen LogP contribution in [0.25, 0.3) is 11.3 Å². The van der Waals surface area contributed by atoms with E-state index in [1.54, 1.807) is 6.07 Å². The van der Waals surface area contributed by atoms with E-state index >= 15 is 0 Å². The van der Waals surface area contributed by atoms with Gasteiger partial charge in [0.1, 0.15) is 19.3 Å². The number of anilines is 1. The fourth-order valence-electron chi connectivity index (χ4n) is 3.20. The summed E-state index contributed by atoms with van der Waals surface area (Å²) in [6.07, 6.45) is 1.34. The zero-order valence-electron chi connectivity index (χ0n) is 14.2. The lowest BCUT2D eigenvalue weighted by Crippen LogP contribution is -2.36. The van der Waals surface area contributed by atoms with Crippen molar-refractivity contribution in [2.75, 3.05) is 20.0 Å². The van der Waals surface area contributed by atoms with Crippen LogP contribution in [0.15, 0.2) is 23.6 Å². The van der Waals surface area contributed by atoms with E-state index in [1.807, 2.05) is 13.8 Å². The number of nitro benzene ring substituents is 1. The van der Waals surface area contributed by atoms with Gasteiger partial charge in [0.25, 0.3) is 0 Å². The van der Waals surface area contributed by atoms with E-state index in [1.165, 1.54) is 26.6 Å². The van der Waals surface area contributed by atoms with Crippen molar-refractivity contribution in [3.8, 4) is 17.0 Å². The molecule has 0 saturated heterocycles. The van der Waals surface area contributed by atoms with Crippen molar-refractivity contribution in [2.45, 2.75) is 19.3 Å². The fraction of sp³-hybridized carbons (Fsp3) is 0.312. The molecule has 0 amide bonds. The van der Waals surface area contributed by atoms with Crippen molar-refractivity contribution >= 4 is 17.2 Å². The molecule has 0 radical (unpaired) electrons. The Labute approximate surface area is 143 Å². The Morgan fingerprint density at radius 2 is 1.96 bits per heavy atom. The van der Waals surface area contributed by atoms with Gasteiger partial charge in [0, 0.05) is 28.2 Å². The fourth-order valence-corrected chi connectivity index (χ4v) is 3.20. The van der Waals surface area contributed by atoms with Gasteiger partial charge in [-0.15, -0.1) is 0 Å². The molecule has 0 atom stereocenters. The van der Waals surface area contributed by atoms with Crippen molar-refractivity contribution in [2.24, 2.45) is 5.16 Å². The Bertz CT molecular complexity index is 908. The van der Waals surface area contributed by atoms with Crippen LogP contribution in [0, 0.1) is 10.1 Å². The van der Waals surface area contributed by atoms with E-state index in [0.29, 0.717) is 33.9 Å². The standard InChI is InChI=1S/C16H17N5O4/c1-16(2)12-13(18-7-19-15(12)17)8-5-10(21(22)23)11(24-3)6-9(8)14(16)20-25-4/h5-7H,1-4H3,(H2,17,18,19)/b20-14+. The van der Waals surface area contributed by atoms with E-state index < -0.39 is 10.3 Å². The normalized spacial score (nSPS) is 16.1. The van der Waals surface area contributed by atoms with Crippen molar-refractivity contribution in [1.29, 1.82) is 0 Å². The van der Waals surface area contributed by atoms with Gasteiger partial charge in [-0.25, -0.2) is 9.97 Å². The van der Waals surface area contributed by atoms with Gasteiger partial charge in [-0.3, -0.25) is 10.1 Å². The zero-order valence-corrected chi connectivity index (χ0v) is 14.2. The molecule has 1 aromatic carbocycles. The summed E-state index contributed by atoms with van der Waals surface area (Å²) >= 11 is 0. The van der Waals surface area contributed by atoms with Crippen LogP contribution in [0.1, 0.15) is 25.0 Å². The molecule has 3 rings (SSSR count). The number of hydrogen-bond donors (Lipinski definition) is 1. The van der Waals surface area contributed by atoms with Gasteiger partial charge in [-0.1, -0.05) is 5.16 Å². The number of methoxy groups -OCH3 is 1. The summed E-state index contributed by atoms with van der Waals surface area (Å²) in [4.78, 5) is 24.3. The highest BCUT2D eigenvalue weighted by atomic mass is 16.6. The second-order valence-corrected chi connectivity index (χ2v) is 6.06. The summed E-state index contributed by atoms with van der Waals surface area (Å²) in [5, 5.41) is 15.5. The lowest BCUT2D eigenvalue weighted by Gasteiger charge is -2.34. The number of oxime groups is 1. The van der Waals surface area contributed by atoms with Crippen LogP contribution in [0.2, 0.25) is 0 Å². The zero-order chi connectivity index (χ0) is 18.4. The van der Waals surface area contributed by atoms with Gasteiger partial charge >= 0.3 is 5.69 Å². The summed E-state index contributed by atoms with van der Waals surface area (Å²) in [7, 11) is 2.82. The van der Waals surface area contributed by atoms with Crippen LogP contribution in [0.4, 0.5) is 11.5 Å². The number of hydrogen-bond acceptors (Lipinski definition) is 8. The first-order chi connectivity index (χ1) is 11.8. The highest BCUT2D eigenvalue weighted by Crippen LogP contribution is 2.47. The van der Waals surface area contributed by atoms with Gasteiger partial charge in [-0.05, 0) is 19.9 Å². The van der Waals surface area contributed by atoms with Crippen LogP contribution in [0.3, 0.4) is 0 Å². The number of nitrogens with two attached hydrogens (primary N) is 1. The molecule has 25 heavy (non-hydrogen) atoms. The largest absolute Gasteiger partial charge is 0.490 e. The van der Waals surface area contributed by atoms with E-state index in [-0.39, 0.29) is 11.4 Å². The second-order valence-electron chi connectivity index (χ2n) is 6.06. The quantitative estimate of drug-likeness (QED) is 0.669. The van der Waals surface area contributed by atoms with E-state index in [2.05, 4.69) is 15.1 Å². The predicted molar refractivity (Wildman–Crippen MR) is 91.7 cm³/mol. The predicted octanol–water partition coefficient (Wildman–Crippen LogP) is 2.28. The van der Waals surface area contributed by atoms with Crippen LogP contribution in [0.5, 0.6) is 5.75 Å². The molecule has 0 unspecified atom stereocenters. The molecule has 9 heteroatoms. The number of fused-ring (bicyclic) bond motifs is 3. The molecule has 2 N–H and O–H groups in total. The molecule has 1 heterocycles. The lowest BCUT2D eigenvalue weighted by atomic mass is 9.70. The molecule has 1 aliphatic carbocycles. The van der Waals surface area contributed by atoms with Gasteiger partial charge in [0.2, 0.25) is 0 Å². The minimum atomic E-state index is -0.662. The molecule has 2 aromatic rings. The first kappa shape index (κ1) is 16.6. The molecule has 0 aliphatic heterocycles. The molecule has 0 bridgehead atoms. The Morgan fingerprint density at radius 3 is 2.56 bits per heavy atom. The summed E-state index contributed by atoms with van der Waals surface area (Å²) < 4.78 is 5.18. The third kappa shape index (κ3) is 2.35. The number of nitrogens with zero attached hydrogens (tertiary/aromatic N) is 4. The van der Waals surface area contributed by atoms with E-state index in [4.69, 9.17) is 15.3 Å². The topological polar surface area (TPSA) is 126 Å². The smallest absolute Gasteiger partial charge is 0.311 e. The average molecular weight is 343 g/mol. The van der Waals surface area contributed by atoms with Crippen LogP contribution in [-0.2, 0) is 10.3 Å². The number of benzene rings is 1. The molecular formula is C16H17N5O4. The van der Waals surface area contributed by atoms with Crippen molar-refractivity contribution < 1.29 is 14.5 Å². The Balaban J connectivity index is 2.46. The van der Waals surface area contributed by atoms with Gasteiger partial charge in [0.05, 0.1) is 23.4 Å². The maximum absolute atomic E-state index is 11.4. The molecule has 130 valence electrons. The Morgan fingerprint density at radius 1 is 1.24 bits per heavy atom. The number of ether oxygens (including phenoxy) is 1. The highest BCUT2D eigenvalue weighted by Gasteiger charge is 2.42. The lowest BCUT2D eigenvalue weighted by molar-refractivity contribution is -0.385. The summed E-state index contributed by atoms with van der Waals surface area (Å²) in [5.41, 5.74) is 8.17. The summed E-state index contributed by atoms with van der Waals surface area (Å²) in [5.74, 6) is 0.428. The van der Waals surface area contributed by atoms with E-state index in [9.17, 15) is 10.1 Å². The van der Waals surface area contributed by atoms with Crippen molar-refractivity contribution in [3.05, 3.63) is 39.7 Å². The average Bonchev–Trinajstić information content (AvgIpc) is 2.57. The minimum Gasteiger partial charge on any atom is -0.490 e. The highest BCUT2D eigenvalue weighted by molar-refractivity contribution is 6.16. The van der Waals surface area contributed by atoms with Gasteiger partial charge in [0.15, 0.2) is 5.75 Å². The molecule has 0 fully saturated rings. The number of nitrogen functional groups attached to an aromatic ring is 1.